The second-order valence-electron chi connectivity index (χ2n) is 4.02. The van der Waals surface area contributed by atoms with Gasteiger partial charge in [-0.1, -0.05) is 0 Å². The lowest BCUT2D eigenvalue weighted by Crippen LogP contribution is -2.60. The van der Waals surface area contributed by atoms with Gasteiger partial charge in [-0.05, 0) is 0 Å². The SMILES string of the molecule is COCC(=O)N1CCN(C(C)=O)C[C@@H]1C(=O)OC. The zero-order valence-electron chi connectivity index (χ0n) is 10.8. The Hall–Kier alpha value is -1.63. The fraction of sp³-hybridized carbons (Fsp3) is 0.727. The Bertz CT molecular complexity index is 344. The van der Waals surface area contributed by atoms with Gasteiger partial charge in [-0.25, -0.2) is 4.79 Å². The van der Waals surface area contributed by atoms with Gasteiger partial charge in [0.2, 0.25) is 11.8 Å². The number of nitrogens with zero attached hydrogens (tertiary/aromatic N) is 2. The van der Waals surface area contributed by atoms with Crippen LogP contribution in [0.2, 0.25) is 0 Å². The maximum atomic E-state index is 11.8. The third kappa shape index (κ3) is 3.19. The number of amides is 2. The van der Waals surface area contributed by atoms with Crippen molar-refractivity contribution in [3.8, 4) is 0 Å². The Morgan fingerprint density at radius 1 is 1.22 bits per heavy atom. The molecule has 0 N–H and O–H groups in total. The first-order valence-corrected chi connectivity index (χ1v) is 5.63. The van der Waals surface area contributed by atoms with E-state index in [1.54, 1.807) is 0 Å². The molecule has 1 saturated heterocycles. The van der Waals surface area contributed by atoms with Crippen LogP contribution in [-0.4, -0.2) is 74.1 Å². The summed E-state index contributed by atoms with van der Waals surface area (Å²) < 4.78 is 9.43. The minimum absolute atomic E-state index is 0.0897. The molecule has 0 spiro atoms. The van der Waals surface area contributed by atoms with Crippen molar-refractivity contribution in [2.45, 2.75) is 13.0 Å². The monoisotopic (exact) mass is 258 g/mol. The summed E-state index contributed by atoms with van der Waals surface area (Å²) in [7, 11) is 2.67. The summed E-state index contributed by atoms with van der Waals surface area (Å²) in [5.74, 6) is -0.927. The van der Waals surface area contributed by atoms with Crippen LogP contribution in [0.25, 0.3) is 0 Å². The van der Waals surface area contributed by atoms with Gasteiger partial charge in [-0.3, -0.25) is 9.59 Å². The molecule has 0 unspecified atom stereocenters. The molecule has 0 aliphatic carbocycles. The fourth-order valence-corrected chi connectivity index (χ4v) is 1.91. The summed E-state index contributed by atoms with van der Waals surface area (Å²) in [6, 6.07) is -0.754. The summed E-state index contributed by atoms with van der Waals surface area (Å²) in [4.78, 5) is 37.7. The van der Waals surface area contributed by atoms with Crippen LogP contribution < -0.4 is 0 Å². The number of hydrogen-bond acceptors (Lipinski definition) is 5. The minimum atomic E-state index is -0.754. The van der Waals surface area contributed by atoms with Crippen LogP contribution in [0.15, 0.2) is 0 Å². The van der Waals surface area contributed by atoms with Crippen molar-refractivity contribution in [2.75, 3.05) is 40.5 Å². The van der Waals surface area contributed by atoms with Crippen LogP contribution in [0.3, 0.4) is 0 Å². The first-order valence-electron chi connectivity index (χ1n) is 5.63. The standard InChI is InChI=1S/C11H18N2O5/c1-8(14)12-4-5-13(10(15)7-17-2)9(6-12)11(16)18-3/h9H,4-7H2,1-3H3/t9-/m1/s1. The second-order valence-corrected chi connectivity index (χ2v) is 4.02. The summed E-state index contributed by atoms with van der Waals surface area (Å²) in [6.07, 6.45) is 0. The summed E-state index contributed by atoms with van der Waals surface area (Å²) in [5.41, 5.74) is 0. The third-order valence-electron chi connectivity index (χ3n) is 2.89. The highest BCUT2D eigenvalue weighted by atomic mass is 16.5. The Labute approximate surface area is 106 Å². The Morgan fingerprint density at radius 3 is 2.39 bits per heavy atom. The van der Waals surface area contributed by atoms with Crippen LogP contribution in [0.1, 0.15) is 6.92 Å². The molecule has 1 heterocycles. The van der Waals surface area contributed by atoms with E-state index in [0.29, 0.717) is 13.1 Å². The van der Waals surface area contributed by atoms with Gasteiger partial charge in [-0.15, -0.1) is 0 Å². The molecule has 1 aliphatic rings. The molecule has 1 atom stereocenters. The topological polar surface area (TPSA) is 76.2 Å². The quantitative estimate of drug-likeness (QED) is 0.598. The van der Waals surface area contributed by atoms with E-state index in [2.05, 4.69) is 4.74 Å². The average Bonchev–Trinajstić information content (AvgIpc) is 2.37. The highest BCUT2D eigenvalue weighted by Crippen LogP contribution is 2.12. The molecule has 102 valence electrons. The van der Waals surface area contributed by atoms with Crippen LogP contribution >= 0.6 is 0 Å². The molecule has 1 aliphatic heterocycles. The van der Waals surface area contributed by atoms with Gasteiger partial charge in [0.15, 0.2) is 0 Å². The van der Waals surface area contributed by atoms with E-state index in [0.717, 1.165) is 0 Å². The van der Waals surface area contributed by atoms with Crippen molar-refractivity contribution in [1.82, 2.24) is 9.80 Å². The lowest BCUT2D eigenvalue weighted by Gasteiger charge is -2.39. The molecule has 1 rings (SSSR count). The smallest absolute Gasteiger partial charge is 0.330 e. The number of esters is 1. The van der Waals surface area contributed by atoms with E-state index in [1.165, 1.54) is 30.9 Å². The normalized spacial score (nSPS) is 19.6. The molecule has 0 radical (unpaired) electrons. The third-order valence-corrected chi connectivity index (χ3v) is 2.89. The van der Waals surface area contributed by atoms with Gasteiger partial charge in [0.1, 0.15) is 12.6 Å². The Balaban J connectivity index is 2.80. The van der Waals surface area contributed by atoms with E-state index in [4.69, 9.17) is 4.74 Å². The van der Waals surface area contributed by atoms with E-state index in [-0.39, 0.29) is 25.0 Å². The molecular weight excluding hydrogens is 240 g/mol. The predicted octanol–water partition coefficient (Wildman–Crippen LogP) is -1.13. The molecule has 2 amide bonds. The highest BCUT2D eigenvalue weighted by molar-refractivity contribution is 5.86. The van der Waals surface area contributed by atoms with Crippen LogP contribution in [0.4, 0.5) is 0 Å². The molecule has 0 saturated carbocycles. The molecule has 0 aromatic rings. The number of piperazine rings is 1. The summed E-state index contributed by atoms with van der Waals surface area (Å²) in [6.45, 7) is 2.23. The second kappa shape index (κ2) is 6.34. The zero-order valence-corrected chi connectivity index (χ0v) is 10.8. The average molecular weight is 258 g/mol. The summed E-state index contributed by atoms with van der Waals surface area (Å²) in [5, 5.41) is 0. The lowest BCUT2D eigenvalue weighted by molar-refractivity contribution is -0.159. The molecule has 0 aromatic heterocycles. The van der Waals surface area contributed by atoms with Crippen LogP contribution in [0, 0.1) is 0 Å². The highest BCUT2D eigenvalue weighted by Gasteiger charge is 2.36. The van der Waals surface area contributed by atoms with Gasteiger partial charge in [0.25, 0.3) is 0 Å². The van der Waals surface area contributed by atoms with Crippen molar-refractivity contribution >= 4 is 17.8 Å². The van der Waals surface area contributed by atoms with Gasteiger partial charge < -0.3 is 19.3 Å². The molecule has 7 nitrogen and oxygen atoms in total. The van der Waals surface area contributed by atoms with Gasteiger partial charge in [0.05, 0.1) is 13.7 Å². The number of ether oxygens (including phenoxy) is 2. The fourth-order valence-electron chi connectivity index (χ4n) is 1.91. The van der Waals surface area contributed by atoms with Gasteiger partial charge in [-0.2, -0.15) is 0 Å². The Morgan fingerprint density at radius 2 is 1.89 bits per heavy atom. The van der Waals surface area contributed by atoms with Crippen molar-refractivity contribution in [3.05, 3.63) is 0 Å². The molecule has 7 heteroatoms. The summed E-state index contributed by atoms with van der Waals surface area (Å²) >= 11 is 0. The van der Waals surface area contributed by atoms with Gasteiger partial charge in [0, 0.05) is 27.1 Å². The van der Waals surface area contributed by atoms with Crippen molar-refractivity contribution < 1.29 is 23.9 Å². The molecule has 0 aromatic carbocycles. The van der Waals surface area contributed by atoms with Crippen LogP contribution in [-0.2, 0) is 23.9 Å². The van der Waals surface area contributed by atoms with E-state index in [1.807, 2.05) is 0 Å². The van der Waals surface area contributed by atoms with Crippen molar-refractivity contribution in [1.29, 1.82) is 0 Å². The number of hydrogen-bond donors (Lipinski definition) is 0. The van der Waals surface area contributed by atoms with Crippen LogP contribution in [0.5, 0.6) is 0 Å². The zero-order chi connectivity index (χ0) is 13.7. The van der Waals surface area contributed by atoms with E-state index < -0.39 is 12.0 Å². The largest absolute Gasteiger partial charge is 0.467 e. The molecular formula is C11H18N2O5. The first-order chi connectivity index (χ1) is 8.51. The van der Waals surface area contributed by atoms with Crippen molar-refractivity contribution in [3.63, 3.8) is 0 Å². The molecule has 18 heavy (non-hydrogen) atoms. The van der Waals surface area contributed by atoms with Crippen molar-refractivity contribution in [2.24, 2.45) is 0 Å². The predicted molar refractivity (Wildman–Crippen MR) is 61.6 cm³/mol. The number of carbonyl (C=O) groups is 3. The number of carbonyl (C=O) groups excluding carboxylic acids is 3. The maximum Gasteiger partial charge on any atom is 0.330 e. The molecule has 1 fully saturated rings. The maximum absolute atomic E-state index is 11.8. The lowest BCUT2D eigenvalue weighted by atomic mass is 10.1. The van der Waals surface area contributed by atoms with E-state index >= 15 is 0 Å². The van der Waals surface area contributed by atoms with E-state index in [9.17, 15) is 14.4 Å². The molecule has 0 bridgehead atoms. The minimum Gasteiger partial charge on any atom is -0.467 e. The van der Waals surface area contributed by atoms with Gasteiger partial charge >= 0.3 is 5.97 Å². The first kappa shape index (κ1) is 14.4. The number of rotatable bonds is 3. The Kier molecular flexibility index (Phi) is 5.08. The number of methoxy groups -OCH3 is 2.